The van der Waals surface area contributed by atoms with Gasteiger partial charge in [0.2, 0.25) is 11.9 Å². The molecule has 2 heterocycles. The highest BCUT2D eigenvalue weighted by Gasteiger charge is 2.18. The van der Waals surface area contributed by atoms with Gasteiger partial charge in [-0.25, -0.2) is 4.39 Å². The maximum Gasteiger partial charge on any atom is 0.230 e. The Hall–Kier alpha value is -1.76. The van der Waals surface area contributed by atoms with Crippen LogP contribution in [0.4, 0.5) is 16.3 Å². The normalized spacial score (nSPS) is 15.2. The molecular formula is C14H15BrFN5. The van der Waals surface area contributed by atoms with Gasteiger partial charge in [0.25, 0.3) is 0 Å². The van der Waals surface area contributed by atoms with Crippen LogP contribution < -0.4 is 10.6 Å². The molecule has 1 aromatic heterocycles. The van der Waals surface area contributed by atoms with Crippen molar-refractivity contribution in [3.8, 4) is 11.4 Å². The lowest BCUT2D eigenvalue weighted by Gasteiger charge is -2.26. The summed E-state index contributed by atoms with van der Waals surface area (Å²) in [6, 6.07) is 5.01. The predicted molar refractivity (Wildman–Crippen MR) is 83.4 cm³/mol. The molecule has 21 heavy (non-hydrogen) atoms. The summed E-state index contributed by atoms with van der Waals surface area (Å²) in [6.45, 7) is 1.79. The summed E-state index contributed by atoms with van der Waals surface area (Å²) in [5.41, 5.74) is 6.08. The van der Waals surface area contributed by atoms with Crippen LogP contribution in [-0.4, -0.2) is 28.0 Å². The molecule has 0 atom stereocenters. The first kappa shape index (κ1) is 14.2. The van der Waals surface area contributed by atoms with Crippen molar-refractivity contribution in [2.24, 2.45) is 0 Å². The van der Waals surface area contributed by atoms with Gasteiger partial charge < -0.3 is 10.6 Å². The van der Waals surface area contributed by atoms with Crippen molar-refractivity contribution < 1.29 is 4.39 Å². The number of halogens is 2. The van der Waals surface area contributed by atoms with E-state index >= 15 is 0 Å². The second-order valence-electron chi connectivity index (χ2n) is 4.97. The van der Waals surface area contributed by atoms with Gasteiger partial charge in [0, 0.05) is 13.1 Å². The fourth-order valence-corrected chi connectivity index (χ4v) is 2.78. The Kier molecular flexibility index (Phi) is 4.01. The molecule has 1 aromatic carbocycles. The van der Waals surface area contributed by atoms with E-state index in [1.807, 2.05) is 0 Å². The number of hydrogen-bond acceptors (Lipinski definition) is 5. The molecule has 2 aromatic rings. The van der Waals surface area contributed by atoms with Gasteiger partial charge in [-0.15, -0.1) is 0 Å². The standard InChI is InChI=1S/C14H15BrFN5/c15-10-6-4-5-9(11(10)16)12-18-13(17)20-14(19-12)21-7-2-1-3-8-21/h4-6H,1-3,7-8H2,(H2,17,18,19,20). The predicted octanol–water partition coefficient (Wildman–Crippen LogP) is 3.01. The van der Waals surface area contributed by atoms with E-state index in [9.17, 15) is 4.39 Å². The van der Waals surface area contributed by atoms with E-state index in [-0.39, 0.29) is 11.8 Å². The van der Waals surface area contributed by atoms with Crippen LogP contribution in [0.1, 0.15) is 19.3 Å². The molecule has 0 bridgehead atoms. The highest BCUT2D eigenvalue weighted by Crippen LogP contribution is 2.27. The number of rotatable bonds is 2. The number of nitrogens with two attached hydrogens (primary N) is 1. The van der Waals surface area contributed by atoms with Crippen LogP contribution >= 0.6 is 15.9 Å². The SMILES string of the molecule is Nc1nc(-c2cccc(Br)c2F)nc(N2CCCCC2)n1. The molecule has 0 unspecified atom stereocenters. The smallest absolute Gasteiger partial charge is 0.230 e. The molecule has 0 radical (unpaired) electrons. The molecule has 3 rings (SSSR count). The van der Waals surface area contributed by atoms with Crippen LogP contribution in [0.25, 0.3) is 11.4 Å². The summed E-state index contributed by atoms with van der Waals surface area (Å²) < 4.78 is 14.6. The van der Waals surface area contributed by atoms with Crippen LogP contribution in [0.3, 0.4) is 0 Å². The molecule has 1 saturated heterocycles. The van der Waals surface area contributed by atoms with Crippen molar-refractivity contribution in [3.05, 3.63) is 28.5 Å². The van der Waals surface area contributed by atoms with Gasteiger partial charge in [0.1, 0.15) is 5.82 Å². The third-order valence-electron chi connectivity index (χ3n) is 3.47. The third-order valence-corrected chi connectivity index (χ3v) is 4.08. The maximum absolute atomic E-state index is 14.2. The number of nitrogen functional groups attached to an aromatic ring is 1. The first-order chi connectivity index (χ1) is 10.1. The summed E-state index contributed by atoms with van der Waals surface area (Å²) in [7, 11) is 0. The first-order valence-electron chi connectivity index (χ1n) is 6.86. The number of hydrogen-bond donors (Lipinski definition) is 1. The molecule has 1 fully saturated rings. The minimum Gasteiger partial charge on any atom is -0.368 e. The number of piperidine rings is 1. The summed E-state index contributed by atoms with van der Waals surface area (Å²) in [5.74, 6) is 0.506. The molecule has 110 valence electrons. The monoisotopic (exact) mass is 351 g/mol. The Balaban J connectivity index is 2.03. The second kappa shape index (κ2) is 5.93. The highest BCUT2D eigenvalue weighted by molar-refractivity contribution is 9.10. The Morgan fingerprint density at radius 3 is 2.62 bits per heavy atom. The van der Waals surface area contributed by atoms with E-state index in [4.69, 9.17) is 5.73 Å². The zero-order valence-corrected chi connectivity index (χ0v) is 13.0. The molecule has 2 N–H and O–H groups in total. The van der Waals surface area contributed by atoms with Crippen LogP contribution in [0.2, 0.25) is 0 Å². The van der Waals surface area contributed by atoms with E-state index in [0.29, 0.717) is 16.0 Å². The Bertz CT molecular complexity index is 658. The van der Waals surface area contributed by atoms with Gasteiger partial charge in [0.05, 0.1) is 10.0 Å². The highest BCUT2D eigenvalue weighted by atomic mass is 79.9. The molecule has 0 spiro atoms. The van der Waals surface area contributed by atoms with Gasteiger partial charge in [-0.05, 0) is 47.3 Å². The summed E-state index contributed by atoms with van der Waals surface area (Å²) in [6.07, 6.45) is 3.42. The van der Waals surface area contributed by atoms with E-state index in [1.54, 1.807) is 18.2 Å². The molecule has 0 amide bonds. The van der Waals surface area contributed by atoms with Crippen molar-refractivity contribution in [2.75, 3.05) is 23.7 Å². The molecule has 7 heteroatoms. The molecule has 5 nitrogen and oxygen atoms in total. The topological polar surface area (TPSA) is 67.9 Å². The van der Waals surface area contributed by atoms with Crippen molar-refractivity contribution in [3.63, 3.8) is 0 Å². The molecular weight excluding hydrogens is 337 g/mol. The van der Waals surface area contributed by atoms with E-state index in [0.717, 1.165) is 25.9 Å². The average molecular weight is 352 g/mol. The zero-order valence-electron chi connectivity index (χ0n) is 11.4. The summed E-state index contributed by atoms with van der Waals surface area (Å²) >= 11 is 3.17. The summed E-state index contributed by atoms with van der Waals surface area (Å²) in [4.78, 5) is 14.7. The number of aromatic nitrogens is 3. The van der Waals surface area contributed by atoms with Gasteiger partial charge >= 0.3 is 0 Å². The van der Waals surface area contributed by atoms with Gasteiger partial charge in [-0.2, -0.15) is 15.0 Å². The molecule has 0 aliphatic carbocycles. The lowest BCUT2D eigenvalue weighted by atomic mass is 10.1. The lowest BCUT2D eigenvalue weighted by Crippen LogP contribution is -2.31. The van der Waals surface area contributed by atoms with Gasteiger partial charge in [0.15, 0.2) is 5.82 Å². The lowest BCUT2D eigenvalue weighted by molar-refractivity contribution is 0.567. The van der Waals surface area contributed by atoms with E-state index in [2.05, 4.69) is 35.8 Å². The van der Waals surface area contributed by atoms with Crippen LogP contribution in [0.5, 0.6) is 0 Å². The number of anilines is 2. The van der Waals surface area contributed by atoms with Crippen molar-refractivity contribution in [1.29, 1.82) is 0 Å². The van der Waals surface area contributed by atoms with Crippen molar-refractivity contribution in [1.82, 2.24) is 15.0 Å². The third kappa shape index (κ3) is 2.97. The number of benzene rings is 1. The Labute approximate surface area is 130 Å². The van der Waals surface area contributed by atoms with Crippen LogP contribution in [0, 0.1) is 5.82 Å². The fourth-order valence-electron chi connectivity index (χ4n) is 2.41. The second-order valence-corrected chi connectivity index (χ2v) is 5.82. The molecule has 1 aliphatic rings. The molecule has 0 saturated carbocycles. The first-order valence-corrected chi connectivity index (χ1v) is 7.65. The Morgan fingerprint density at radius 1 is 1.10 bits per heavy atom. The fraction of sp³-hybridized carbons (Fsp3) is 0.357. The molecule has 1 aliphatic heterocycles. The minimum atomic E-state index is -0.396. The quantitative estimate of drug-likeness (QED) is 0.900. The summed E-state index contributed by atoms with van der Waals surface area (Å²) in [5, 5.41) is 0. The Morgan fingerprint density at radius 2 is 1.86 bits per heavy atom. The maximum atomic E-state index is 14.2. The van der Waals surface area contributed by atoms with E-state index < -0.39 is 5.82 Å². The number of nitrogens with zero attached hydrogens (tertiary/aromatic N) is 4. The van der Waals surface area contributed by atoms with E-state index in [1.165, 1.54) is 6.42 Å². The van der Waals surface area contributed by atoms with Gasteiger partial charge in [-0.1, -0.05) is 6.07 Å². The van der Waals surface area contributed by atoms with Crippen molar-refractivity contribution in [2.45, 2.75) is 19.3 Å². The van der Waals surface area contributed by atoms with Crippen molar-refractivity contribution >= 4 is 27.8 Å². The zero-order chi connectivity index (χ0) is 14.8. The van der Waals surface area contributed by atoms with Crippen LogP contribution in [-0.2, 0) is 0 Å². The minimum absolute atomic E-state index is 0.111. The van der Waals surface area contributed by atoms with Crippen LogP contribution in [0.15, 0.2) is 22.7 Å². The largest absolute Gasteiger partial charge is 0.368 e. The van der Waals surface area contributed by atoms with Gasteiger partial charge in [-0.3, -0.25) is 0 Å². The average Bonchev–Trinajstić information content (AvgIpc) is 2.50.